The number of fused-ring (bicyclic) bond motifs is 1. The van der Waals surface area contributed by atoms with Crippen LogP contribution in [-0.2, 0) is 16.4 Å². The first kappa shape index (κ1) is 13.9. The zero-order valence-electron chi connectivity index (χ0n) is 9.62. The summed E-state index contributed by atoms with van der Waals surface area (Å²) in [4.78, 5) is 11.7. The Labute approximate surface area is 107 Å². The summed E-state index contributed by atoms with van der Waals surface area (Å²) in [5, 5.41) is 0. The number of benzene rings is 1. The number of carbonyl (C=O) groups excluding carboxylic acids is 1. The van der Waals surface area contributed by atoms with Crippen LogP contribution in [0.5, 0.6) is 0 Å². The van der Waals surface area contributed by atoms with Crippen LogP contribution in [0.25, 0.3) is 0 Å². The van der Waals surface area contributed by atoms with Crippen LogP contribution in [0, 0.1) is 0 Å². The van der Waals surface area contributed by atoms with Crippen LogP contribution in [0.15, 0.2) is 18.2 Å². The minimum atomic E-state index is -5.51. The Balaban J connectivity index is 2.46. The summed E-state index contributed by atoms with van der Waals surface area (Å²) in [7, 11) is -5.51. The van der Waals surface area contributed by atoms with Gasteiger partial charge in [-0.25, -0.2) is 0 Å². The first-order valence-electron chi connectivity index (χ1n) is 5.46. The van der Waals surface area contributed by atoms with Gasteiger partial charge in [0, 0.05) is 12.0 Å². The van der Waals surface area contributed by atoms with E-state index in [1.165, 1.54) is 10.8 Å². The van der Waals surface area contributed by atoms with Crippen molar-refractivity contribution in [2.24, 2.45) is 0 Å². The third-order valence-electron chi connectivity index (χ3n) is 2.83. The van der Waals surface area contributed by atoms with Gasteiger partial charge >= 0.3 is 15.5 Å². The van der Waals surface area contributed by atoms with Crippen LogP contribution < -0.4 is 4.72 Å². The van der Waals surface area contributed by atoms with Gasteiger partial charge in [-0.15, -0.1) is 0 Å². The van der Waals surface area contributed by atoms with Crippen molar-refractivity contribution in [2.75, 3.05) is 4.72 Å². The molecule has 19 heavy (non-hydrogen) atoms. The fourth-order valence-electron chi connectivity index (χ4n) is 1.99. The monoisotopic (exact) mass is 293 g/mol. The van der Waals surface area contributed by atoms with E-state index >= 15 is 0 Å². The molecule has 8 heteroatoms. The van der Waals surface area contributed by atoms with E-state index in [0.29, 0.717) is 18.4 Å². The Morgan fingerprint density at radius 3 is 2.47 bits per heavy atom. The number of rotatable bonds is 2. The first-order chi connectivity index (χ1) is 8.72. The quantitative estimate of drug-likeness (QED) is 0.911. The second-order valence-electron chi connectivity index (χ2n) is 4.17. The largest absolute Gasteiger partial charge is 0.516 e. The van der Waals surface area contributed by atoms with Gasteiger partial charge in [0.2, 0.25) is 0 Å². The van der Waals surface area contributed by atoms with Gasteiger partial charge in [0.05, 0.1) is 5.69 Å². The number of carbonyl (C=O) groups is 1. The number of ketones is 1. The van der Waals surface area contributed by atoms with Crippen LogP contribution in [0.4, 0.5) is 18.9 Å². The van der Waals surface area contributed by atoms with E-state index in [2.05, 4.69) is 0 Å². The normalized spacial score (nSPS) is 16.1. The number of hydrogen-bond acceptors (Lipinski definition) is 3. The highest BCUT2D eigenvalue weighted by atomic mass is 32.2. The van der Waals surface area contributed by atoms with Crippen LogP contribution in [0.1, 0.15) is 28.8 Å². The molecule has 2 rings (SSSR count). The van der Waals surface area contributed by atoms with Crippen molar-refractivity contribution in [3.63, 3.8) is 0 Å². The average Bonchev–Trinajstić information content (AvgIpc) is 2.27. The summed E-state index contributed by atoms with van der Waals surface area (Å²) >= 11 is 0. The molecule has 1 aliphatic rings. The lowest BCUT2D eigenvalue weighted by atomic mass is 9.89. The van der Waals surface area contributed by atoms with Crippen molar-refractivity contribution in [3.05, 3.63) is 29.3 Å². The fourth-order valence-corrected chi connectivity index (χ4v) is 2.57. The molecule has 0 radical (unpaired) electrons. The topological polar surface area (TPSA) is 63.2 Å². The van der Waals surface area contributed by atoms with Gasteiger partial charge < -0.3 is 0 Å². The first-order valence-corrected chi connectivity index (χ1v) is 6.95. The average molecular weight is 293 g/mol. The Hall–Kier alpha value is -1.57. The molecule has 1 aliphatic carbocycles. The van der Waals surface area contributed by atoms with Crippen LogP contribution in [0.2, 0.25) is 0 Å². The SMILES string of the molecule is O=C1CCCc2cccc(NS(=O)(=O)C(F)(F)F)c21. The van der Waals surface area contributed by atoms with Gasteiger partial charge in [0.1, 0.15) is 0 Å². The third-order valence-corrected chi connectivity index (χ3v) is 3.93. The summed E-state index contributed by atoms with van der Waals surface area (Å²) in [6.45, 7) is 0. The molecule has 1 aromatic carbocycles. The minimum Gasteiger partial charge on any atom is -0.294 e. The van der Waals surface area contributed by atoms with Crippen molar-refractivity contribution in [1.29, 1.82) is 0 Å². The molecule has 104 valence electrons. The second kappa shape index (κ2) is 4.52. The molecule has 0 heterocycles. The highest BCUT2D eigenvalue weighted by Gasteiger charge is 2.46. The van der Waals surface area contributed by atoms with Gasteiger partial charge in [-0.05, 0) is 24.5 Å². The number of aryl methyl sites for hydroxylation is 1. The van der Waals surface area contributed by atoms with Gasteiger partial charge in [0.25, 0.3) is 0 Å². The number of alkyl halides is 3. The van der Waals surface area contributed by atoms with Gasteiger partial charge in [0.15, 0.2) is 5.78 Å². The number of hydrogen-bond donors (Lipinski definition) is 1. The molecular formula is C11H10F3NO3S. The van der Waals surface area contributed by atoms with E-state index < -0.39 is 15.5 Å². The molecule has 0 atom stereocenters. The van der Waals surface area contributed by atoms with Crippen molar-refractivity contribution in [1.82, 2.24) is 0 Å². The molecule has 0 saturated carbocycles. The molecule has 4 nitrogen and oxygen atoms in total. The fraction of sp³-hybridized carbons (Fsp3) is 0.364. The number of sulfonamides is 1. The summed E-state index contributed by atoms with van der Waals surface area (Å²) in [6, 6.07) is 4.19. The predicted molar refractivity (Wildman–Crippen MR) is 62.3 cm³/mol. The summed E-state index contributed by atoms with van der Waals surface area (Å²) < 4.78 is 60.5. The Morgan fingerprint density at radius 2 is 1.84 bits per heavy atom. The zero-order valence-corrected chi connectivity index (χ0v) is 10.4. The van der Waals surface area contributed by atoms with Crippen LogP contribution in [0.3, 0.4) is 0 Å². The van der Waals surface area contributed by atoms with Gasteiger partial charge in [-0.2, -0.15) is 21.6 Å². The van der Waals surface area contributed by atoms with Gasteiger partial charge in [-0.1, -0.05) is 12.1 Å². The predicted octanol–water partition coefficient (Wildman–Crippen LogP) is 2.47. The Bertz CT molecular complexity index is 623. The zero-order chi connectivity index (χ0) is 14.3. The van der Waals surface area contributed by atoms with Gasteiger partial charge in [-0.3, -0.25) is 9.52 Å². The van der Waals surface area contributed by atoms with E-state index in [4.69, 9.17) is 0 Å². The molecular weight excluding hydrogens is 283 g/mol. The number of anilines is 1. The smallest absolute Gasteiger partial charge is 0.294 e. The molecule has 0 amide bonds. The van der Waals surface area contributed by atoms with Crippen molar-refractivity contribution >= 4 is 21.5 Å². The standard InChI is InChI=1S/C11H10F3NO3S/c12-11(13,14)19(17,18)15-8-5-1-3-7-4-2-6-9(16)10(7)8/h1,3,5,15H,2,4,6H2. The molecule has 1 aromatic rings. The molecule has 0 unspecified atom stereocenters. The van der Waals surface area contributed by atoms with E-state index in [1.54, 1.807) is 6.07 Å². The van der Waals surface area contributed by atoms with Crippen LogP contribution >= 0.6 is 0 Å². The molecule has 0 aliphatic heterocycles. The van der Waals surface area contributed by atoms with Crippen molar-refractivity contribution in [2.45, 2.75) is 24.8 Å². The molecule has 0 spiro atoms. The number of nitrogens with one attached hydrogen (secondary N) is 1. The number of Topliss-reactive ketones (excluding diaryl/α,β-unsaturated/α-hetero) is 1. The second-order valence-corrected chi connectivity index (χ2v) is 5.84. The highest BCUT2D eigenvalue weighted by molar-refractivity contribution is 7.93. The summed E-state index contributed by atoms with van der Waals surface area (Å²) in [5.41, 5.74) is -5.10. The molecule has 1 N–H and O–H groups in total. The lowest BCUT2D eigenvalue weighted by Gasteiger charge is -2.19. The number of halogens is 3. The highest BCUT2D eigenvalue weighted by Crippen LogP contribution is 2.31. The summed E-state index contributed by atoms with van der Waals surface area (Å²) in [5.74, 6) is -0.346. The van der Waals surface area contributed by atoms with E-state index in [9.17, 15) is 26.4 Å². The maximum absolute atomic E-state index is 12.3. The van der Waals surface area contributed by atoms with E-state index in [0.717, 1.165) is 6.07 Å². The lowest BCUT2D eigenvalue weighted by molar-refractivity contribution is -0.0429. The minimum absolute atomic E-state index is 0.0431. The Kier molecular flexibility index (Phi) is 3.29. The molecule has 0 saturated heterocycles. The van der Waals surface area contributed by atoms with E-state index in [-0.39, 0.29) is 23.5 Å². The summed E-state index contributed by atoms with van der Waals surface area (Å²) in [6.07, 6.45) is 1.36. The maximum Gasteiger partial charge on any atom is 0.516 e. The van der Waals surface area contributed by atoms with Crippen LogP contribution in [-0.4, -0.2) is 19.7 Å². The molecule has 0 fully saturated rings. The molecule has 0 aromatic heterocycles. The van der Waals surface area contributed by atoms with E-state index in [1.807, 2.05) is 0 Å². The lowest BCUT2D eigenvalue weighted by Crippen LogP contribution is -2.31. The Morgan fingerprint density at radius 1 is 1.16 bits per heavy atom. The molecule has 0 bridgehead atoms. The third kappa shape index (κ3) is 2.58. The maximum atomic E-state index is 12.3. The van der Waals surface area contributed by atoms with Crippen molar-refractivity contribution in [3.8, 4) is 0 Å². The van der Waals surface area contributed by atoms with Crippen molar-refractivity contribution < 1.29 is 26.4 Å².